The molecule has 0 fully saturated rings. The van der Waals surface area contributed by atoms with Crippen molar-refractivity contribution in [2.24, 2.45) is 0 Å². The van der Waals surface area contributed by atoms with Crippen molar-refractivity contribution in [3.8, 4) is 11.5 Å². The molecular formula is C28H36N2O5. The van der Waals surface area contributed by atoms with Gasteiger partial charge in [0.1, 0.15) is 17.6 Å². The number of para-hydroxylation sites is 1. The van der Waals surface area contributed by atoms with E-state index in [1.165, 1.54) is 34.2 Å². The third-order valence-corrected chi connectivity index (χ3v) is 6.36. The second-order valence-corrected chi connectivity index (χ2v) is 9.72. The Morgan fingerprint density at radius 3 is 2.57 bits per heavy atom. The summed E-state index contributed by atoms with van der Waals surface area (Å²) < 4.78 is 0. The predicted molar refractivity (Wildman–Crippen MR) is 139 cm³/mol. The van der Waals surface area contributed by atoms with Crippen molar-refractivity contribution in [3.05, 3.63) is 65.3 Å². The molecule has 3 rings (SSSR count). The number of carbonyl (C=O) groups is 1. The van der Waals surface area contributed by atoms with Gasteiger partial charge in [0.2, 0.25) is 0 Å². The second kappa shape index (κ2) is 11.0. The molecule has 1 heterocycles. The summed E-state index contributed by atoms with van der Waals surface area (Å²) in [5, 5.41) is 45.5. The fourth-order valence-electron chi connectivity index (χ4n) is 4.11. The standard InChI is InChI=1S/C28H36N2O5/c1-18(2)8-5-9-19(3)10-7-15-28(4,35)25(33)17-30-23-16-20(31)13-14-22(23)29-26-21(27(30)34)11-6-12-24(26)32/h6,8,10-14,16,25,29,31-33,35H,5,7,9,15,17H2,1-4H3/b19-10+. The van der Waals surface area contributed by atoms with E-state index in [0.29, 0.717) is 24.2 Å². The summed E-state index contributed by atoms with van der Waals surface area (Å²) >= 11 is 0. The van der Waals surface area contributed by atoms with Crippen molar-refractivity contribution in [1.82, 2.24) is 0 Å². The number of amides is 1. The van der Waals surface area contributed by atoms with Gasteiger partial charge in [-0.05, 0) is 77.6 Å². The van der Waals surface area contributed by atoms with E-state index in [2.05, 4.69) is 38.2 Å². The van der Waals surface area contributed by atoms with E-state index >= 15 is 0 Å². The smallest absolute Gasteiger partial charge is 0.260 e. The average molecular weight is 481 g/mol. The summed E-state index contributed by atoms with van der Waals surface area (Å²) in [5.74, 6) is -0.595. The van der Waals surface area contributed by atoms with Crippen LogP contribution in [0.5, 0.6) is 11.5 Å². The Hall–Kier alpha value is -3.29. The molecule has 1 aliphatic heterocycles. The molecule has 35 heavy (non-hydrogen) atoms. The van der Waals surface area contributed by atoms with Crippen LogP contribution in [0.1, 0.15) is 63.7 Å². The van der Waals surface area contributed by atoms with Gasteiger partial charge in [-0.1, -0.05) is 29.4 Å². The zero-order valence-corrected chi connectivity index (χ0v) is 20.9. The van der Waals surface area contributed by atoms with Gasteiger partial charge in [-0.2, -0.15) is 0 Å². The number of anilines is 3. The molecule has 0 aliphatic carbocycles. The Balaban J connectivity index is 1.79. The number of phenols is 2. The molecule has 0 saturated carbocycles. The third kappa shape index (κ3) is 6.44. The first kappa shape index (κ1) is 26.3. The number of nitrogens with one attached hydrogen (secondary N) is 1. The zero-order chi connectivity index (χ0) is 25.8. The summed E-state index contributed by atoms with van der Waals surface area (Å²) in [6.45, 7) is 7.58. The van der Waals surface area contributed by atoms with Crippen LogP contribution >= 0.6 is 0 Å². The minimum Gasteiger partial charge on any atom is -0.508 e. The zero-order valence-electron chi connectivity index (χ0n) is 20.9. The fraction of sp³-hybridized carbons (Fsp3) is 0.393. The number of nitrogens with zero attached hydrogens (tertiary/aromatic N) is 1. The molecule has 2 atom stereocenters. The van der Waals surface area contributed by atoms with Crippen LogP contribution in [0.15, 0.2) is 59.7 Å². The molecular weight excluding hydrogens is 444 g/mol. The molecule has 7 nitrogen and oxygen atoms in total. The van der Waals surface area contributed by atoms with Crippen LogP contribution in [0.25, 0.3) is 0 Å². The Kier molecular flexibility index (Phi) is 8.25. The van der Waals surface area contributed by atoms with Crippen molar-refractivity contribution in [1.29, 1.82) is 0 Å². The molecule has 7 heteroatoms. The van der Waals surface area contributed by atoms with Gasteiger partial charge in [-0.15, -0.1) is 0 Å². The number of carbonyl (C=O) groups excluding carboxylic acids is 1. The number of phenolic OH excluding ortho intramolecular Hbond substituents is 2. The van der Waals surface area contributed by atoms with E-state index in [-0.39, 0.29) is 29.3 Å². The first-order valence-corrected chi connectivity index (χ1v) is 11.9. The SMILES string of the molecule is CC(C)=CCC/C(C)=C/CCC(C)(O)C(O)CN1C(=O)c2cccc(O)c2Nc2ccc(O)cc21. The second-order valence-electron chi connectivity index (χ2n) is 9.72. The molecule has 0 radical (unpaired) electrons. The van der Waals surface area contributed by atoms with Gasteiger partial charge >= 0.3 is 0 Å². The first-order chi connectivity index (χ1) is 16.5. The van der Waals surface area contributed by atoms with Gasteiger partial charge in [0, 0.05) is 6.07 Å². The van der Waals surface area contributed by atoms with E-state index in [0.717, 1.165) is 12.8 Å². The highest BCUT2D eigenvalue weighted by atomic mass is 16.3. The summed E-state index contributed by atoms with van der Waals surface area (Å²) in [6.07, 6.45) is 5.84. The average Bonchev–Trinajstić information content (AvgIpc) is 2.89. The Morgan fingerprint density at radius 1 is 1.11 bits per heavy atom. The Labute approximate surface area is 207 Å². The van der Waals surface area contributed by atoms with E-state index in [4.69, 9.17) is 0 Å². The molecule has 0 bridgehead atoms. The van der Waals surface area contributed by atoms with E-state index in [9.17, 15) is 25.2 Å². The number of fused-ring (bicyclic) bond motifs is 2. The van der Waals surface area contributed by atoms with E-state index < -0.39 is 17.6 Å². The Bertz CT molecular complexity index is 1130. The van der Waals surface area contributed by atoms with Crippen LogP contribution in [0.4, 0.5) is 17.1 Å². The molecule has 5 N–H and O–H groups in total. The van der Waals surface area contributed by atoms with Crippen molar-refractivity contribution in [3.63, 3.8) is 0 Å². The predicted octanol–water partition coefficient (Wildman–Crippen LogP) is 5.39. The normalized spacial score (nSPS) is 15.9. The van der Waals surface area contributed by atoms with Crippen LogP contribution in [-0.2, 0) is 0 Å². The molecule has 2 aromatic rings. The lowest BCUT2D eigenvalue weighted by atomic mass is 9.92. The number of aliphatic hydroxyl groups is 2. The largest absolute Gasteiger partial charge is 0.508 e. The number of aliphatic hydroxyl groups excluding tert-OH is 1. The van der Waals surface area contributed by atoms with Crippen molar-refractivity contribution >= 4 is 23.0 Å². The lowest BCUT2D eigenvalue weighted by Gasteiger charge is -2.33. The fourth-order valence-corrected chi connectivity index (χ4v) is 4.11. The number of β-amino-alcohol motifs (C(OH)–C–C–N with tert-alkyl or cyclic N) is 1. The molecule has 188 valence electrons. The van der Waals surface area contributed by atoms with Crippen molar-refractivity contribution in [2.45, 2.75) is 65.1 Å². The topological polar surface area (TPSA) is 113 Å². The molecule has 2 unspecified atom stereocenters. The maximum atomic E-state index is 13.5. The minimum absolute atomic E-state index is 0.0477. The highest BCUT2D eigenvalue weighted by Crippen LogP contribution is 2.41. The van der Waals surface area contributed by atoms with Gasteiger partial charge in [0.15, 0.2) is 0 Å². The summed E-state index contributed by atoms with van der Waals surface area (Å²) in [6, 6.07) is 9.11. The van der Waals surface area contributed by atoms with Crippen LogP contribution in [0, 0.1) is 0 Å². The number of aromatic hydroxyl groups is 2. The minimum atomic E-state index is -1.45. The maximum absolute atomic E-state index is 13.5. The number of benzene rings is 2. The van der Waals surface area contributed by atoms with Crippen LogP contribution in [0.2, 0.25) is 0 Å². The van der Waals surface area contributed by atoms with Gasteiger partial charge in [0.05, 0.1) is 34.8 Å². The van der Waals surface area contributed by atoms with Gasteiger partial charge in [-0.3, -0.25) is 4.79 Å². The van der Waals surface area contributed by atoms with Crippen LogP contribution in [0.3, 0.4) is 0 Å². The molecule has 0 saturated heterocycles. The monoisotopic (exact) mass is 480 g/mol. The molecule has 1 amide bonds. The lowest BCUT2D eigenvalue weighted by Crippen LogP contribution is -2.48. The summed E-state index contributed by atoms with van der Waals surface area (Å²) in [4.78, 5) is 14.8. The van der Waals surface area contributed by atoms with Crippen LogP contribution < -0.4 is 10.2 Å². The first-order valence-electron chi connectivity index (χ1n) is 11.9. The number of hydrogen-bond donors (Lipinski definition) is 5. The quantitative estimate of drug-likeness (QED) is 0.187. The van der Waals surface area contributed by atoms with E-state index in [1.807, 2.05) is 0 Å². The molecule has 0 spiro atoms. The number of rotatable bonds is 9. The number of hydrogen-bond acceptors (Lipinski definition) is 6. The highest BCUT2D eigenvalue weighted by molar-refractivity contribution is 6.14. The highest BCUT2D eigenvalue weighted by Gasteiger charge is 2.36. The van der Waals surface area contributed by atoms with Crippen molar-refractivity contribution < 1.29 is 25.2 Å². The maximum Gasteiger partial charge on any atom is 0.260 e. The molecule has 1 aliphatic rings. The summed E-state index contributed by atoms with van der Waals surface area (Å²) in [5.41, 5.74) is 2.37. The molecule has 0 aromatic heterocycles. The van der Waals surface area contributed by atoms with Gasteiger partial charge in [0.25, 0.3) is 5.91 Å². The van der Waals surface area contributed by atoms with Crippen molar-refractivity contribution in [2.75, 3.05) is 16.8 Å². The molecule has 2 aromatic carbocycles. The van der Waals surface area contributed by atoms with Gasteiger partial charge in [-0.25, -0.2) is 0 Å². The third-order valence-electron chi connectivity index (χ3n) is 6.36. The number of allylic oxidation sites excluding steroid dienone is 4. The lowest BCUT2D eigenvalue weighted by molar-refractivity contribution is -0.0613. The summed E-state index contributed by atoms with van der Waals surface area (Å²) in [7, 11) is 0. The Morgan fingerprint density at radius 2 is 1.86 bits per heavy atom. The van der Waals surface area contributed by atoms with Gasteiger partial charge < -0.3 is 30.6 Å². The van der Waals surface area contributed by atoms with Crippen LogP contribution in [-0.4, -0.2) is 44.6 Å². The van der Waals surface area contributed by atoms with E-state index in [1.54, 1.807) is 25.1 Å².